The van der Waals surface area contributed by atoms with Gasteiger partial charge in [0.2, 0.25) is 0 Å². The van der Waals surface area contributed by atoms with Crippen molar-refractivity contribution < 1.29 is 10.2 Å². The second-order valence-electron chi connectivity index (χ2n) is 4.48. The second-order valence-corrected chi connectivity index (χ2v) is 5.33. The molecule has 3 nitrogen and oxygen atoms in total. The van der Waals surface area contributed by atoms with E-state index >= 15 is 0 Å². The summed E-state index contributed by atoms with van der Waals surface area (Å²) in [6, 6.07) is 12.7. The molecule has 4 heteroatoms. The summed E-state index contributed by atoms with van der Waals surface area (Å²) in [6.45, 7) is 2.70. The number of rotatable bonds is 4. The van der Waals surface area contributed by atoms with Crippen LogP contribution in [0.4, 0.5) is 0 Å². The Morgan fingerprint density at radius 3 is 2.37 bits per heavy atom. The van der Waals surface area contributed by atoms with Gasteiger partial charge in [0.15, 0.2) is 0 Å². The van der Waals surface area contributed by atoms with Gasteiger partial charge in [0, 0.05) is 23.1 Å². The topological polar surface area (TPSA) is 52.5 Å². The van der Waals surface area contributed by atoms with Crippen molar-refractivity contribution in [3.8, 4) is 11.5 Å². The molecular formula is C15H16BrNO2. The molecule has 0 saturated heterocycles. The van der Waals surface area contributed by atoms with Crippen LogP contribution in [0.2, 0.25) is 0 Å². The van der Waals surface area contributed by atoms with Crippen LogP contribution in [0.1, 0.15) is 24.1 Å². The molecule has 100 valence electrons. The first-order valence-electron chi connectivity index (χ1n) is 6.06. The molecule has 0 aliphatic carbocycles. The Labute approximate surface area is 121 Å². The number of halogens is 1. The van der Waals surface area contributed by atoms with E-state index < -0.39 is 0 Å². The van der Waals surface area contributed by atoms with Gasteiger partial charge in [-0.25, -0.2) is 0 Å². The van der Waals surface area contributed by atoms with Crippen molar-refractivity contribution in [2.45, 2.75) is 19.5 Å². The Kier molecular flexibility index (Phi) is 4.45. The molecule has 19 heavy (non-hydrogen) atoms. The maximum absolute atomic E-state index is 9.48. The number of hydrogen-bond acceptors (Lipinski definition) is 3. The van der Waals surface area contributed by atoms with Crippen LogP contribution in [0.25, 0.3) is 0 Å². The smallest absolute Gasteiger partial charge is 0.119 e. The predicted octanol–water partition coefficient (Wildman–Crippen LogP) is 3.71. The number of nitrogens with one attached hydrogen (secondary N) is 1. The van der Waals surface area contributed by atoms with Crippen LogP contribution < -0.4 is 5.32 Å². The highest BCUT2D eigenvalue weighted by Gasteiger charge is 2.08. The standard InChI is InChI=1S/C15H16BrNO2/c1-10(12-6-13(18)8-14(19)7-12)17-9-11-4-2-3-5-15(11)16/h2-8,10,17-19H,9H2,1H3. The normalized spacial score (nSPS) is 12.3. The van der Waals surface area contributed by atoms with Crippen molar-refractivity contribution in [1.82, 2.24) is 5.32 Å². The predicted molar refractivity (Wildman–Crippen MR) is 79.2 cm³/mol. The molecule has 1 atom stereocenters. The third kappa shape index (κ3) is 3.72. The molecule has 3 N–H and O–H groups in total. The van der Waals surface area contributed by atoms with Gasteiger partial charge in [0.1, 0.15) is 11.5 Å². The third-order valence-corrected chi connectivity index (χ3v) is 3.76. The van der Waals surface area contributed by atoms with Gasteiger partial charge in [-0.2, -0.15) is 0 Å². The van der Waals surface area contributed by atoms with Crippen LogP contribution in [-0.4, -0.2) is 10.2 Å². The maximum atomic E-state index is 9.48. The molecule has 2 rings (SSSR count). The van der Waals surface area contributed by atoms with E-state index in [0.717, 1.165) is 10.0 Å². The molecule has 2 aromatic carbocycles. The summed E-state index contributed by atoms with van der Waals surface area (Å²) in [6.07, 6.45) is 0. The summed E-state index contributed by atoms with van der Waals surface area (Å²) in [5.41, 5.74) is 2.02. The first kappa shape index (κ1) is 13.9. The largest absolute Gasteiger partial charge is 0.508 e. The van der Waals surface area contributed by atoms with Gasteiger partial charge in [0.25, 0.3) is 0 Å². The van der Waals surface area contributed by atoms with E-state index in [4.69, 9.17) is 0 Å². The minimum absolute atomic E-state index is 0.0325. The molecule has 0 heterocycles. The van der Waals surface area contributed by atoms with Crippen molar-refractivity contribution in [3.05, 3.63) is 58.1 Å². The van der Waals surface area contributed by atoms with Crippen molar-refractivity contribution in [1.29, 1.82) is 0 Å². The lowest BCUT2D eigenvalue weighted by molar-refractivity contribution is 0.446. The molecule has 0 fully saturated rings. The zero-order chi connectivity index (χ0) is 13.8. The summed E-state index contributed by atoms with van der Waals surface area (Å²) in [5.74, 6) is 0.147. The van der Waals surface area contributed by atoms with Gasteiger partial charge in [-0.15, -0.1) is 0 Å². The lowest BCUT2D eigenvalue weighted by atomic mass is 10.1. The zero-order valence-corrected chi connectivity index (χ0v) is 12.2. The minimum atomic E-state index is 0.0325. The van der Waals surface area contributed by atoms with Crippen LogP contribution in [0, 0.1) is 0 Å². The van der Waals surface area contributed by atoms with Crippen LogP contribution >= 0.6 is 15.9 Å². The van der Waals surface area contributed by atoms with Gasteiger partial charge >= 0.3 is 0 Å². The average Bonchev–Trinajstić information content (AvgIpc) is 2.36. The highest BCUT2D eigenvalue weighted by atomic mass is 79.9. The molecule has 0 saturated carbocycles. The molecule has 1 unspecified atom stereocenters. The van der Waals surface area contributed by atoms with Gasteiger partial charge in [-0.3, -0.25) is 0 Å². The molecule has 2 aromatic rings. The van der Waals surface area contributed by atoms with E-state index in [2.05, 4.69) is 21.2 Å². The second kappa shape index (κ2) is 6.08. The fourth-order valence-corrected chi connectivity index (χ4v) is 2.32. The van der Waals surface area contributed by atoms with E-state index in [1.54, 1.807) is 12.1 Å². The van der Waals surface area contributed by atoms with Crippen molar-refractivity contribution in [2.75, 3.05) is 0 Å². The van der Waals surface area contributed by atoms with E-state index in [1.807, 2.05) is 31.2 Å². The van der Waals surface area contributed by atoms with Gasteiger partial charge in [-0.1, -0.05) is 34.1 Å². The number of aromatic hydroxyl groups is 2. The van der Waals surface area contributed by atoms with Crippen molar-refractivity contribution >= 4 is 15.9 Å². The molecule has 0 radical (unpaired) electrons. The first-order chi connectivity index (χ1) is 9.06. The Balaban J connectivity index is 2.05. The summed E-state index contributed by atoms with van der Waals surface area (Å²) in [4.78, 5) is 0. The Morgan fingerprint density at radius 1 is 1.11 bits per heavy atom. The maximum Gasteiger partial charge on any atom is 0.119 e. The molecule has 0 aromatic heterocycles. The van der Waals surface area contributed by atoms with Crippen LogP contribution in [0.5, 0.6) is 11.5 Å². The number of phenols is 2. The molecular weight excluding hydrogens is 306 g/mol. The highest BCUT2D eigenvalue weighted by Crippen LogP contribution is 2.25. The highest BCUT2D eigenvalue weighted by molar-refractivity contribution is 9.10. The minimum Gasteiger partial charge on any atom is -0.508 e. The molecule has 0 amide bonds. The van der Waals surface area contributed by atoms with Crippen LogP contribution in [0.3, 0.4) is 0 Å². The summed E-state index contributed by atoms with van der Waals surface area (Å²) in [5, 5.41) is 22.3. The summed E-state index contributed by atoms with van der Waals surface area (Å²) >= 11 is 3.51. The van der Waals surface area contributed by atoms with Crippen LogP contribution in [-0.2, 0) is 6.54 Å². The first-order valence-corrected chi connectivity index (χ1v) is 6.85. The van der Waals surface area contributed by atoms with E-state index in [1.165, 1.54) is 11.6 Å². The number of hydrogen-bond donors (Lipinski definition) is 3. The van der Waals surface area contributed by atoms with Crippen molar-refractivity contribution in [3.63, 3.8) is 0 Å². The fraction of sp³-hybridized carbons (Fsp3) is 0.200. The zero-order valence-electron chi connectivity index (χ0n) is 10.6. The van der Waals surface area contributed by atoms with Crippen molar-refractivity contribution in [2.24, 2.45) is 0 Å². The van der Waals surface area contributed by atoms with Gasteiger partial charge in [-0.05, 0) is 36.2 Å². The fourth-order valence-electron chi connectivity index (χ4n) is 1.89. The molecule has 0 aliphatic rings. The average molecular weight is 322 g/mol. The van der Waals surface area contributed by atoms with E-state index in [9.17, 15) is 10.2 Å². The van der Waals surface area contributed by atoms with Crippen LogP contribution in [0.15, 0.2) is 46.9 Å². The number of phenolic OH excluding ortho intramolecular Hbond substituents is 2. The summed E-state index contributed by atoms with van der Waals surface area (Å²) < 4.78 is 1.06. The Hall–Kier alpha value is -1.52. The lowest BCUT2D eigenvalue weighted by Crippen LogP contribution is -2.18. The lowest BCUT2D eigenvalue weighted by Gasteiger charge is -2.15. The van der Waals surface area contributed by atoms with E-state index in [0.29, 0.717) is 6.54 Å². The molecule has 0 aliphatic heterocycles. The number of benzene rings is 2. The third-order valence-electron chi connectivity index (χ3n) is 2.98. The van der Waals surface area contributed by atoms with E-state index in [-0.39, 0.29) is 17.5 Å². The quantitative estimate of drug-likeness (QED) is 0.804. The van der Waals surface area contributed by atoms with Gasteiger partial charge in [0.05, 0.1) is 0 Å². The Morgan fingerprint density at radius 2 is 1.74 bits per heavy atom. The summed E-state index contributed by atoms with van der Waals surface area (Å²) in [7, 11) is 0. The SMILES string of the molecule is CC(NCc1ccccc1Br)c1cc(O)cc(O)c1. The Bertz CT molecular complexity index is 552. The monoisotopic (exact) mass is 321 g/mol. The molecule has 0 spiro atoms. The van der Waals surface area contributed by atoms with Gasteiger partial charge < -0.3 is 15.5 Å². The molecule has 0 bridgehead atoms.